The number of rotatable bonds is 4. The van der Waals surface area contributed by atoms with Crippen LogP contribution in [0, 0.1) is 6.92 Å². The molecule has 2 aromatic heterocycles. The number of aryl methyl sites for hydroxylation is 3. The van der Waals surface area contributed by atoms with Gasteiger partial charge in [-0.05, 0) is 38.0 Å². The highest BCUT2D eigenvalue weighted by molar-refractivity contribution is 5.77. The Hall–Kier alpha value is -2.17. The van der Waals surface area contributed by atoms with Gasteiger partial charge in [0, 0.05) is 38.3 Å². The van der Waals surface area contributed by atoms with Crippen LogP contribution >= 0.6 is 0 Å². The average molecular weight is 298 g/mol. The van der Waals surface area contributed by atoms with Gasteiger partial charge in [0.25, 0.3) is 0 Å². The monoisotopic (exact) mass is 298 g/mol. The van der Waals surface area contributed by atoms with Crippen LogP contribution in [0.15, 0.2) is 30.5 Å². The molecule has 1 amide bonds. The Balaban J connectivity index is 1.66. The molecule has 1 fully saturated rings. The van der Waals surface area contributed by atoms with Crippen molar-refractivity contribution in [1.82, 2.24) is 19.7 Å². The maximum atomic E-state index is 12.6. The molecule has 2 aromatic rings. The second-order valence-corrected chi connectivity index (χ2v) is 5.93. The smallest absolute Gasteiger partial charge is 0.223 e. The number of amides is 1. The Morgan fingerprint density at radius 1 is 1.36 bits per heavy atom. The van der Waals surface area contributed by atoms with E-state index >= 15 is 0 Å². The molecule has 22 heavy (non-hydrogen) atoms. The Morgan fingerprint density at radius 3 is 2.95 bits per heavy atom. The largest absolute Gasteiger partial charge is 0.334 e. The van der Waals surface area contributed by atoms with Gasteiger partial charge in [0.05, 0.1) is 17.4 Å². The van der Waals surface area contributed by atoms with Crippen LogP contribution in [-0.2, 0) is 18.3 Å². The van der Waals surface area contributed by atoms with E-state index in [4.69, 9.17) is 0 Å². The van der Waals surface area contributed by atoms with Crippen molar-refractivity contribution in [1.29, 1.82) is 0 Å². The molecule has 1 saturated heterocycles. The third kappa shape index (κ3) is 3.18. The van der Waals surface area contributed by atoms with Crippen LogP contribution in [0.5, 0.6) is 0 Å². The molecule has 0 bridgehead atoms. The lowest BCUT2D eigenvalue weighted by Crippen LogP contribution is -2.31. The summed E-state index contributed by atoms with van der Waals surface area (Å²) in [7, 11) is 1.89. The standard InChI is InChI=1S/C17H22N4O/c1-13-5-3-6-15(18-13)16-7-4-11-21(16)17(22)9-8-14-10-12-20(2)19-14/h3,5-6,10,12,16H,4,7-9,11H2,1-2H3. The lowest BCUT2D eigenvalue weighted by atomic mass is 10.1. The summed E-state index contributed by atoms with van der Waals surface area (Å²) < 4.78 is 1.77. The van der Waals surface area contributed by atoms with Crippen molar-refractivity contribution in [3.05, 3.63) is 47.5 Å². The third-order valence-electron chi connectivity index (χ3n) is 4.19. The molecule has 0 aromatic carbocycles. The van der Waals surface area contributed by atoms with E-state index in [9.17, 15) is 4.79 Å². The summed E-state index contributed by atoms with van der Waals surface area (Å²) in [5.74, 6) is 0.205. The summed E-state index contributed by atoms with van der Waals surface area (Å²) in [6.45, 7) is 2.83. The van der Waals surface area contributed by atoms with Crippen LogP contribution in [0.25, 0.3) is 0 Å². The van der Waals surface area contributed by atoms with Gasteiger partial charge < -0.3 is 4.90 Å². The van der Waals surface area contributed by atoms with Crippen molar-refractivity contribution < 1.29 is 4.79 Å². The average Bonchev–Trinajstić information content (AvgIpc) is 3.13. The Kier molecular flexibility index (Phi) is 4.22. The van der Waals surface area contributed by atoms with Crippen LogP contribution in [-0.4, -0.2) is 32.1 Å². The van der Waals surface area contributed by atoms with Gasteiger partial charge in [-0.25, -0.2) is 0 Å². The number of aromatic nitrogens is 3. The molecular formula is C17H22N4O. The first-order valence-electron chi connectivity index (χ1n) is 7.85. The van der Waals surface area contributed by atoms with Crippen LogP contribution in [0.4, 0.5) is 0 Å². The minimum atomic E-state index is 0.135. The van der Waals surface area contributed by atoms with Crippen molar-refractivity contribution >= 4 is 5.91 Å². The first-order chi connectivity index (χ1) is 10.6. The molecule has 1 atom stereocenters. The predicted molar refractivity (Wildman–Crippen MR) is 84.2 cm³/mol. The molecule has 1 aliphatic rings. The van der Waals surface area contributed by atoms with Crippen LogP contribution in [0.1, 0.15) is 42.4 Å². The molecule has 1 aliphatic heterocycles. The Bertz CT molecular complexity index is 664. The number of pyridine rings is 1. The van der Waals surface area contributed by atoms with Crippen LogP contribution < -0.4 is 0 Å². The summed E-state index contributed by atoms with van der Waals surface area (Å²) >= 11 is 0. The molecule has 1 unspecified atom stereocenters. The van der Waals surface area contributed by atoms with Crippen molar-refractivity contribution in [3.8, 4) is 0 Å². The molecule has 5 heteroatoms. The van der Waals surface area contributed by atoms with Gasteiger partial charge in [-0.15, -0.1) is 0 Å². The summed E-state index contributed by atoms with van der Waals surface area (Å²) in [5.41, 5.74) is 2.99. The van der Waals surface area contributed by atoms with Gasteiger partial charge in [-0.1, -0.05) is 6.07 Å². The molecule has 0 aliphatic carbocycles. The maximum Gasteiger partial charge on any atom is 0.223 e. The fourth-order valence-corrected chi connectivity index (χ4v) is 3.10. The molecule has 0 N–H and O–H groups in total. The van der Waals surface area contributed by atoms with E-state index in [0.29, 0.717) is 12.8 Å². The summed E-state index contributed by atoms with van der Waals surface area (Å²) in [4.78, 5) is 19.1. The van der Waals surface area contributed by atoms with E-state index in [1.54, 1.807) is 4.68 Å². The van der Waals surface area contributed by atoms with E-state index < -0.39 is 0 Å². The minimum Gasteiger partial charge on any atom is -0.334 e. The van der Waals surface area contributed by atoms with Crippen molar-refractivity contribution in [2.24, 2.45) is 7.05 Å². The lowest BCUT2D eigenvalue weighted by Gasteiger charge is -2.24. The highest BCUT2D eigenvalue weighted by Crippen LogP contribution is 2.31. The Labute approximate surface area is 131 Å². The quantitative estimate of drug-likeness (QED) is 0.871. The molecule has 0 radical (unpaired) electrons. The van der Waals surface area contributed by atoms with Crippen molar-refractivity contribution in [3.63, 3.8) is 0 Å². The van der Waals surface area contributed by atoms with Crippen molar-refractivity contribution in [2.75, 3.05) is 6.54 Å². The molecule has 0 spiro atoms. The van der Waals surface area contributed by atoms with Gasteiger partial charge >= 0.3 is 0 Å². The second-order valence-electron chi connectivity index (χ2n) is 5.93. The van der Waals surface area contributed by atoms with Crippen LogP contribution in [0.2, 0.25) is 0 Å². The first-order valence-corrected chi connectivity index (χ1v) is 7.85. The summed E-state index contributed by atoms with van der Waals surface area (Å²) in [6.07, 6.45) is 5.18. The molecule has 116 valence electrons. The SMILES string of the molecule is Cc1cccc(C2CCCN2C(=O)CCc2ccn(C)n2)n1. The summed E-state index contributed by atoms with van der Waals surface area (Å²) in [6, 6.07) is 8.15. The van der Waals surface area contributed by atoms with E-state index in [-0.39, 0.29) is 11.9 Å². The number of carbonyl (C=O) groups is 1. The number of hydrogen-bond donors (Lipinski definition) is 0. The second kappa shape index (κ2) is 6.30. The highest BCUT2D eigenvalue weighted by atomic mass is 16.2. The van der Waals surface area contributed by atoms with Crippen LogP contribution in [0.3, 0.4) is 0 Å². The zero-order chi connectivity index (χ0) is 15.5. The number of carbonyl (C=O) groups excluding carboxylic acids is 1. The van der Waals surface area contributed by atoms with E-state index in [2.05, 4.69) is 10.1 Å². The van der Waals surface area contributed by atoms with E-state index in [1.807, 2.05) is 49.3 Å². The minimum absolute atomic E-state index is 0.135. The molecular weight excluding hydrogens is 276 g/mol. The van der Waals surface area contributed by atoms with Crippen molar-refractivity contribution in [2.45, 2.75) is 38.6 Å². The van der Waals surface area contributed by atoms with E-state index in [0.717, 1.165) is 36.5 Å². The highest BCUT2D eigenvalue weighted by Gasteiger charge is 2.30. The normalized spacial score (nSPS) is 17.9. The molecule has 3 rings (SSSR count). The molecule has 5 nitrogen and oxygen atoms in total. The topological polar surface area (TPSA) is 51.0 Å². The fourth-order valence-electron chi connectivity index (χ4n) is 3.10. The van der Waals surface area contributed by atoms with Gasteiger partial charge in [0.1, 0.15) is 0 Å². The predicted octanol–water partition coefficient (Wildman–Crippen LogP) is 2.42. The zero-order valence-corrected chi connectivity index (χ0v) is 13.2. The number of nitrogens with zero attached hydrogens (tertiary/aromatic N) is 4. The third-order valence-corrected chi connectivity index (χ3v) is 4.19. The molecule has 3 heterocycles. The van der Waals surface area contributed by atoms with Gasteiger partial charge in [0.15, 0.2) is 0 Å². The van der Waals surface area contributed by atoms with Gasteiger partial charge in [-0.2, -0.15) is 5.10 Å². The number of hydrogen-bond acceptors (Lipinski definition) is 3. The maximum absolute atomic E-state index is 12.6. The summed E-state index contributed by atoms with van der Waals surface area (Å²) in [5, 5.41) is 4.33. The molecule has 0 saturated carbocycles. The zero-order valence-electron chi connectivity index (χ0n) is 13.2. The first kappa shape index (κ1) is 14.8. The van der Waals surface area contributed by atoms with Gasteiger partial charge in [-0.3, -0.25) is 14.5 Å². The fraction of sp³-hybridized carbons (Fsp3) is 0.471. The number of likely N-dealkylation sites (tertiary alicyclic amines) is 1. The van der Waals surface area contributed by atoms with Gasteiger partial charge in [0.2, 0.25) is 5.91 Å². The Morgan fingerprint density at radius 2 is 2.23 bits per heavy atom. The van der Waals surface area contributed by atoms with E-state index in [1.165, 1.54) is 0 Å². The lowest BCUT2D eigenvalue weighted by molar-refractivity contribution is -0.132.